The summed E-state index contributed by atoms with van der Waals surface area (Å²) < 4.78 is 5.33. The lowest BCUT2D eigenvalue weighted by molar-refractivity contribution is 0.158. The zero-order chi connectivity index (χ0) is 16.3. The lowest BCUT2D eigenvalue weighted by atomic mass is 9.90. The summed E-state index contributed by atoms with van der Waals surface area (Å²) >= 11 is 0. The van der Waals surface area contributed by atoms with Crippen molar-refractivity contribution >= 4 is 12.4 Å². The van der Waals surface area contributed by atoms with E-state index in [0.717, 1.165) is 25.6 Å². The van der Waals surface area contributed by atoms with Gasteiger partial charge >= 0.3 is 0 Å². The van der Waals surface area contributed by atoms with E-state index >= 15 is 0 Å². The van der Waals surface area contributed by atoms with Gasteiger partial charge in [-0.15, -0.1) is 12.4 Å². The van der Waals surface area contributed by atoms with E-state index in [1.54, 1.807) is 0 Å². The highest BCUT2D eigenvalue weighted by molar-refractivity contribution is 5.85. The summed E-state index contributed by atoms with van der Waals surface area (Å²) in [4.78, 5) is 6.81. The molecular formula is C18H27ClN4O. The summed E-state index contributed by atoms with van der Waals surface area (Å²) in [5, 5.41) is 3.99. The standard InChI is InChI=1S/C18H26N4O.ClH/c1-18(2,19)17-20-16(23-21-17)13-22-10-8-15(9-11-22)12-14-6-4-3-5-7-14;/h3-7,15H,8-13,19H2,1-2H3;1H. The van der Waals surface area contributed by atoms with E-state index < -0.39 is 5.54 Å². The van der Waals surface area contributed by atoms with Crippen LogP contribution in [-0.2, 0) is 18.5 Å². The topological polar surface area (TPSA) is 68.2 Å². The van der Waals surface area contributed by atoms with Crippen LogP contribution in [0.15, 0.2) is 34.9 Å². The molecule has 1 aromatic heterocycles. The Morgan fingerprint density at radius 3 is 2.46 bits per heavy atom. The van der Waals surface area contributed by atoms with E-state index in [1.807, 2.05) is 13.8 Å². The molecule has 2 aromatic rings. The first-order chi connectivity index (χ1) is 11.0. The lowest BCUT2D eigenvalue weighted by Crippen LogP contribution is -2.34. The Morgan fingerprint density at radius 2 is 1.88 bits per heavy atom. The van der Waals surface area contributed by atoms with Gasteiger partial charge < -0.3 is 10.3 Å². The largest absolute Gasteiger partial charge is 0.338 e. The molecule has 1 saturated heterocycles. The van der Waals surface area contributed by atoms with E-state index in [0.29, 0.717) is 11.7 Å². The van der Waals surface area contributed by atoms with Crippen LogP contribution in [0, 0.1) is 5.92 Å². The fourth-order valence-electron chi connectivity index (χ4n) is 3.07. The van der Waals surface area contributed by atoms with E-state index in [4.69, 9.17) is 10.3 Å². The molecule has 1 aromatic carbocycles. The predicted molar refractivity (Wildman–Crippen MR) is 96.9 cm³/mol. The molecule has 0 amide bonds. The summed E-state index contributed by atoms with van der Waals surface area (Å²) in [7, 11) is 0. The minimum Gasteiger partial charge on any atom is -0.338 e. The third-order valence-electron chi connectivity index (χ3n) is 4.48. The fraction of sp³-hybridized carbons (Fsp3) is 0.556. The number of hydrogen-bond acceptors (Lipinski definition) is 5. The normalized spacial score (nSPS) is 16.8. The van der Waals surface area contributed by atoms with Crippen molar-refractivity contribution in [2.45, 2.75) is 45.2 Å². The summed E-state index contributed by atoms with van der Waals surface area (Å²) in [6, 6.07) is 10.8. The van der Waals surface area contributed by atoms with E-state index in [2.05, 4.69) is 45.4 Å². The first-order valence-electron chi connectivity index (χ1n) is 8.39. The molecule has 0 radical (unpaired) electrons. The van der Waals surface area contributed by atoms with Gasteiger partial charge in [-0.25, -0.2) is 0 Å². The number of rotatable bonds is 5. The van der Waals surface area contributed by atoms with Gasteiger partial charge in [0, 0.05) is 0 Å². The van der Waals surface area contributed by atoms with Gasteiger partial charge in [-0.1, -0.05) is 35.5 Å². The van der Waals surface area contributed by atoms with Gasteiger partial charge in [0.2, 0.25) is 5.89 Å². The highest BCUT2D eigenvalue weighted by Gasteiger charge is 2.24. The Balaban J connectivity index is 0.00000208. The average Bonchev–Trinajstić information content (AvgIpc) is 2.99. The second-order valence-electron chi connectivity index (χ2n) is 7.14. The van der Waals surface area contributed by atoms with Crippen molar-refractivity contribution in [1.29, 1.82) is 0 Å². The van der Waals surface area contributed by atoms with Crippen LogP contribution >= 0.6 is 12.4 Å². The Kier molecular flexibility index (Phi) is 6.38. The van der Waals surface area contributed by atoms with Gasteiger partial charge in [-0.3, -0.25) is 4.90 Å². The highest BCUT2D eigenvalue weighted by Crippen LogP contribution is 2.23. The molecular weight excluding hydrogens is 324 g/mol. The molecule has 1 aliphatic heterocycles. The maximum Gasteiger partial charge on any atom is 0.240 e. The van der Waals surface area contributed by atoms with Gasteiger partial charge in [0.25, 0.3) is 0 Å². The van der Waals surface area contributed by atoms with Crippen LogP contribution < -0.4 is 5.73 Å². The minimum absolute atomic E-state index is 0. The molecule has 1 fully saturated rings. The maximum atomic E-state index is 6.00. The van der Waals surface area contributed by atoms with Crippen molar-refractivity contribution in [1.82, 2.24) is 15.0 Å². The number of aromatic nitrogens is 2. The molecule has 6 heteroatoms. The zero-order valence-corrected chi connectivity index (χ0v) is 15.3. The molecule has 0 spiro atoms. The van der Waals surface area contributed by atoms with Gasteiger partial charge in [0.05, 0.1) is 12.1 Å². The molecule has 132 valence electrons. The second kappa shape index (κ2) is 8.10. The second-order valence-corrected chi connectivity index (χ2v) is 7.14. The third kappa shape index (κ3) is 5.03. The smallest absolute Gasteiger partial charge is 0.240 e. The van der Waals surface area contributed by atoms with Gasteiger partial charge in [-0.2, -0.15) is 4.98 Å². The molecule has 1 aliphatic rings. The number of hydrogen-bond donors (Lipinski definition) is 1. The van der Waals surface area contributed by atoms with Gasteiger partial charge in [0.1, 0.15) is 0 Å². The Bertz CT molecular complexity index is 615. The van der Waals surface area contributed by atoms with Crippen LogP contribution in [0.4, 0.5) is 0 Å². The molecule has 24 heavy (non-hydrogen) atoms. The van der Waals surface area contributed by atoms with Crippen molar-refractivity contribution in [3.05, 3.63) is 47.6 Å². The summed E-state index contributed by atoms with van der Waals surface area (Å²) in [5.41, 5.74) is 6.89. The molecule has 2 N–H and O–H groups in total. The van der Waals surface area contributed by atoms with Crippen LogP contribution in [0.25, 0.3) is 0 Å². The summed E-state index contributed by atoms with van der Waals surface area (Å²) in [5.74, 6) is 2.02. The van der Waals surface area contributed by atoms with Crippen molar-refractivity contribution < 1.29 is 4.52 Å². The minimum atomic E-state index is -0.551. The monoisotopic (exact) mass is 350 g/mol. The molecule has 0 atom stereocenters. The third-order valence-corrected chi connectivity index (χ3v) is 4.48. The number of nitrogens with zero attached hydrogens (tertiary/aromatic N) is 3. The molecule has 0 aliphatic carbocycles. The predicted octanol–water partition coefficient (Wildman–Crippen LogP) is 3.14. The van der Waals surface area contributed by atoms with Crippen molar-refractivity contribution in [2.75, 3.05) is 13.1 Å². The van der Waals surface area contributed by atoms with Crippen LogP contribution in [0.3, 0.4) is 0 Å². The molecule has 5 nitrogen and oxygen atoms in total. The molecule has 2 heterocycles. The summed E-state index contributed by atoms with van der Waals surface area (Å²) in [6.07, 6.45) is 3.62. The average molecular weight is 351 g/mol. The quantitative estimate of drug-likeness (QED) is 0.897. The SMILES string of the molecule is CC(C)(N)c1noc(CN2CCC(Cc3ccccc3)CC2)n1.Cl. The summed E-state index contributed by atoms with van der Waals surface area (Å²) in [6.45, 7) is 6.66. The molecule has 0 saturated carbocycles. The Hall–Kier alpha value is -1.43. The van der Waals surface area contributed by atoms with Crippen molar-refractivity contribution in [3.8, 4) is 0 Å². The molecule has 3 rings (SSSR count). The lowest BCUT2D eigenvalue weighted by Gasteiger charge is -2.31. The van der Waals surface area contributed by atoms with Crippen molar-refractivity contribution in [2.24, 2.45) is 11.7 Å². The number of benzene rings is 1. The first kappa shape index (κ1) is 18.9. The fourth-order valence-corrected chi connectivity index (χ4v) is 3.07. The Morgan fingerprint density at radius 1 is 1.21 bits per heavy atom. The number of piperidine rings is 1. The number of halogens is 1. The zero-order valence-electron chi connectivity index (χ0n) is 14.4. The molecule has 0 bridgehead atoms. The maximum absolute atomic E-state index is 6.00. The Labute approximate surface area is 150 Å². The highest BCUT2D eigenvalue weighted by atomic mass is 35.5. The van der Waals surface area contributed by atoms with E-state index in [1.165, 1.54) is 24.8 Å². The molecule has 0 unspecified atom stereocenters. The van der Waals surface area contributed by atoms with Crippen LogP contribution in [-0.4, -0.2) is 28.1 Å². The van der Waals surface area contributed by atoms with Crippen LogP contribution in [0.2, 0.25) is 0 Å². The van der Waals surface area contributed by atoms with Crippen molar-refractivity contribution in [3.63, 3.8) is 0 Å². The van der Waals surface area contributed by atoms with Gasteiger partial charge in [-0.05, 0) is 57.7 Å². The number of nitrogens with two attached hydrogens (primary N) is 1. The van der Waals surface area contributed by atoms with Crippen LogP contribution in [0.1, 0.15) is 44.0 Å². The van der Waals surface area contributed by atoms with Crippen LogP contribution in [0.5, 0.6) is 0 Å². The van der Waals surface area contributed by atoms with E-state index in [9.17, 15) is 0 Å². The van der Waals surface area contributed by atoms with Gasteiger partial charge in [0.15, 0.2) is 5.82 Å². The van der Waals surface area contributed by atoms with E-state index in [-0.39, 0.29) is 12.4 Å². The number of likely N-dealkylation sites (tertiary alicyclic amines) is 1. The first-order valence-corrected chi connectivity index (χ1v) is 8.39.